The molecule has 158 valence electrons. The highest BCUT2D eigenvalue weighted by Crippen LogP contribution is 2.35. The van der Waals surface area contributed by atoms with E-state index in [0.29, 0.717) is 12.5 Å². The second kappa shape index (κ2) is 7.59. The molecule has 1 saturated heterocycles. The maximum absolute atomic E-state index is 13.4. The Morgan fingerprint density at radius 2 is 2.00 bits per heavy atom. The monoisotopic (exact) mass is 408 g/mol. The van der Waals surface area contributed by atoms with Crippen LogP contribution in [0.25, 0.3) is 11.1 Å². The molecule has 0 bridgehead atoms. The smallest absolute Gasteiger partial charge is 0.261 e. The molecule has 3 heterocycles. The van der Waals surface area contributed by atoms with Crippen molar-refractivity contribution in [2.24, 2.45) is 23.7 Å². The molecule has 1 aromatic carbocycles. The number of hydrogen-bond donors (Lipinski definition) is 1. The van der Waals surface area contributed by atoms with E-state index >= 15 is 0 Å². The SMILES string of the molecule is CC(=O)N1CCC(CN2C(=O)C(C)(c3cccc(-c4cnn(C)c4)c3)N=C2N)CC1. The predicted molar refractivity (Wildman–Crippen MR) is 114 cm³/mol. The molecule has 0 saturated carbocycles. The molecule has 1 unspecified atom stereocenters. The number of piperidine rings is 1. The summed E-state index contributed by atoms with van der Waals surface area (Å²) in [6.45, 7) is 5.41. The summed E-state index contributed by atoms with van der Waals surface area (Å²) >= 11 is 0. The summed E-state index contributed by atoms with van der Waals surface area (Å²) in [4.78, 5) is 33.0. The molecular weight excluding hydrogens is 380 g/mol. The first-order valence-electron chi connectivity index (χ1n) is 10.3. The molecule has 0 aliphatic carbocycles. The van der Waals surface area contributed by atoms with E-state index in [2.05, 4.69) is 10.1 Å². The molecular formula is C22H28N6O2. The molecule has 1 aromatic heterocycles. The number of aromatic nitrogens is 2. The highest BCUT2D eigenvalue weighted by molar-refractivity contribution is 6.07. The number of carbonyl (C=O) groups is 2. The van der Waals surface area contributed by atoms with Gasteiger partial charge in [-0.05, 0) is 42.9 Å². The van der Waals surface area contributed by atoms with Gasteiger partial charge in [-0.3, -0.25) is 19.2 Å². The van der Waals surface area contributed by atoms with Gasteiger partial charge >= 0.3 is 0 Å². The summed E-state index contributed by atoms with van der Waals surface area (Å²) in [5.74, 6) is 0.579. The van der Waals surface area contributed by atoms with E-state index in [1.165, 1.54) is 0 Å². The number of nitrogens with two attached hydrogens (primary N) is 1. The highest BCUT2D eigenvalue weighted by Gasteiger charge is 2.46. The van der Waals surface area contributed by atoms with Crippen LogP contribution in [0.1, 0.15) is 32.3 Å². The molecule has 8 heteroatoms. The topological polar surface area (TPSA) is 96.8 Å². The average Bonchev–Trinajstić information content (AvgIpc) is 3.26. The Kier molecular flexibility index (Phi) is 5.09. The zero-order chi connectivity index (χ0) is 21.5. The third-order valence-corrected chi connectivity index (χ3v) is 6.24. The lowest BCUT2D eigenvalue weighted by molar-refractivity contribution is -0.133. The van der Waals surface area contributed by atoms with E-state index in [9.17, 15) is 9.59 Å². The first-order chi connectivity index (χ1) is 14.3. The Labute approximate surface area is 176 Å². The van der Waals surface area contributed by atoms with Crippen molar-refractivity contribution in [2.45, 2.75) is 32.2 Å². The van der Waals surface area contributed by atoms with Crippen molar-refractivity contribution in [3.63, 3.8) is 0 Å². The van der Waals surface area contributed by atoms with Crippen LogP contribution in [0.15, 0.2) is 41.7 Å². The van der Waals surface area contributed by atoms with Gasteiger partial charge < -0.3 is 10.6 Å². The summed E-state index contributed by atoms with van der Waals surface area (Å²) in [7, 11) is 1.87. The molecule has 0 radical (unpaired) electrons. The number of hydrogen-bond acceptors (Lipinski definition) is 5. The molecule has 1 atom stereocenters. The minimum absolute atomic E-state index is 0.0997. The first kappa shape index (κ1) is 20.1. The molecule has 30 heavy (non-hydrogen) atoms. The number of aliphatic imine (C=N–C) groups is 1. The van der Waals surface area contributed by atoms with Crippen LogP contribution in [0.4, 0.5) is 0 Å². The second-order valence-electron chi connectivity index (χ2n) is 8.39. The number of benzene rings is 1. The van der Waals surface area contributed by atoms with Crippen LogP contribution >= 0.6 is 0 Å². The Hall–Kier alpha value is -3.16. The number of nitrogens with zero attached hydrogens (tertiary/aromatic N) is 5. The first-order valence-corrected chi connectivity index (χ1v) is 10.3. The van der Waals surface area contributed by atoms with E-state index in [0.717, 1.165) is 42.6 Å². The summed E-state index contributed by atoms with van der Waals surface area (Å²) < 4.78 is 1.75. The van der Waals surface area contributed by atoms with Gasteiger partial charge in [0.05, 0.1) is 6.20 Å². The second-order valence-corrected chi connectivity index (χ2v) is 8.39. The van der Waals surface area contributed by atoms with Gasteiger partial charge in [0, 0.05) is 45.4 Å². The maximum atomic E-state index is 13.4. The number of aryl methyl sites for hydroxylation is 1. The standard InChI is InChI=1S/C22H28N6O2/c1-15(29)27-9-7-16(8-10-27)13-28-20(30)22(2,25-21(28)23)19-6-4-5-17(11-19)18-12-24-26(3)14-18/h4-6,11-12,14,16H,7-10,13H2,1-3H3,(H2,23,25). The fourth-order valence-electron chi connectivity index (χ4n) is 4.33. The molecule has 2 aliphatic heterocycles. The molecule has 2 N–H and O–H groups in total. The Balaban J connectivity index is 1.52. The van der Waals surface area contributed by atoms with Crippen LogP contribution in [0.5, 0.6) is 0 Å². The van der Waals surface area contributed by atoms with Gasteiger partial charge in [0.25, 0.3) is 5.91 Å². The Morgan fingerprint density at radius 1 is 1.27 bits per heavy atom. The molecule has 8 nitrogen and oxygen atoms in total. The number of rotatable bonds is 4. The maximum Gasteiger partial charge on any atom is 0.261 e. The van der Waals surface area contributed by atoms with Gasteiger partial charge in [0.15, 0.2) is 11.5 Å². The van der Waals surface area contributed by atoms with Gasteiger partial charge in [-0.2, -0.15) is 5.10 Å². The van der Waals surface area contributed by atoms with E-state index < -0.39 is 5.54 Å². The van der Waals surface area contributed by atoms with Crippen molar-refractivity contribution in [1.29, 1.82) is 0 Å². The van der Waals surface area contributed by atoms with Crippen molar-refractivity contribution < 1.29 is 9.59 Å². The van der Waals surface area contributed by atoms with Crippen LogP contribution in [-0.4, -0.2) is 57.0 Å². The minimum atomic E-state index is -1.04. The van der Waals surface area contributed by atoms with Crippen LogP contribution in [0, 0.1) is 5.92 Å². The van der Waals surface area contributed by atoms with Gasteiger partial charge in [0.1, 0.15) is 0 Å². The highest BCUT2D eigenvalue weighted by atomic mass is 16.2. The number of guanidine groups is 1. The molecule has 0 spiro atoms. The third kappa shape index (κ3) is 3.58. The number of amides is 2. The molecule has 2 aromatic rings. The van der Waals surface area contributed by atoms with Crippen molar-refractivity contribution in [2.75, 3.05) is 19.6 Å². The summed E-state index contributed by atoms with van der Waals surface area (Å²) in [6, 6.07) is 7.84. The fraction of sp³-hybridized carbons (Fsp3) is 0.455. The Bertz CT molecular complexity index is 1000. The summed E-state index contributed by atoms with van der Waals surface area (Å²) in [5.41, 5.74) is 7.95. The lowest BCUT2D eigenvalue weighted by Gasteiger charge is -2.33. The van der Waals surface area contributed by atoms with Crippen LogP contribution in [0.3, 0.4) is 0 Å². The Morgan fingerprint density at radius 3 is 2.63 bits per heavy atom. The van der Waals surface area contributed by atoms with Crippen LogP contribution in [0.2, 0.25) is 0 Å². The summed E-state index contributed by atoms with van der Waals surface area (Å²) in [6.07, 6.45) is 5.47. The van der Waals surface area contributed by atoms with Crippen LogP contribution in [-0.2, 0) is 22.2 Å². The quantitative estimate of drug-likeness (QED) is 0.833. The van der Waals surface area contributed by atoms with E-state index in [-0.39, 0.29) is 17.8 Å². The lowest BCUT2D eigenvalue weighted by Crippen LogP contribution is -2.46. The largest absolute Gasteiger partial charge is 0.369 e. The van der Waals surface area contributed by atoms with Gasteiger partial charge in [-0.15, -0.1) is 0 Å². The molecule has 1 fully saturated rings. The van der Waals surface area contributed by atoms with Crippen molar-refractivity contribution in [3.8, 4) is 11.1 Å². The zero-order valence-electron chi connectivity index (χ0n) is 17.7. The molecule has 4 rings (SSSR count). The molecule has 2 aliphatic rings. The van der Waals surface area contributed by atoms with Gasteiger partial charge in [0.2, 0.25) is 5.91 Å². The fourth-order valence-corrected chi connectivity index (χ4v) is 4.33. The van der Waals surface area contributed by atoms with Crippen molar-refractivity contribution in [3.05, 3.63) is 42.2 Å². The summed E-state index contributed by atoms with van der Waals surface area (Å²) in [5, 5.41) is 4.23. The van der Waals surface area contributed by atoms with E-state index in [1.54, 1.807) is 22.7 Å². The van der Waals surface area contributed by atoms with Crippen molar-refractivity contribution >= 4 is 17.8 Å². The normalized spacial score (nSPS) is 22.5. The van der Waals surface area contributed by atoms with E-state index in [4.69, 9.17) is 5.73 Å². The number of likely N-dealkylation sites (tertiary alicyclic amines) is 1. The van der Waals surface area contributed by atoms with E-state index in [1.807, 2.05) is 49.3 Å². The van der Waals surface area contributed by atoms with Crippen molar-refractivity contribution in [1.82, 2.24) is 19.6 Å². The van der Waals surface area contributed by atoms with Crippen LogP contribution < -0.4 is 5.73 Å². The molecule has 2 amide bonds. The van der Waals surface area contributed by atoms with Gasteiger partial charge in [-0.25, -0.2) is 4.99 Å². The minimum Gasteiger partial charge on any atom is -0.369 e. The predicted octanol–water partition coefficient (Wildman–Crippen LogP) is 1.72. The zero-order valence-corrected chi connectivity index (χ0v) is 17.7. The lowest BCUT2D eigenvalue weighted by atomic mass is 9.89. The number of carbonyl (C=O) groups excluding carboxylic acids is 2. The van der Waals surface area contributed by atoms with Gasteiger partial charge in [-0.1, -0.05) is 18.2 Å². The average molecular weight is 409 g/mol. The third-order valence-electron chi connectivity index (χ3n) is 6.24.